The van der Waals surface area contributed by atoms with Crippen LogP contribution in [-0.2, 0) is 0 Å². The molecule has 0 aromatic heterocycles. The maximum Gasteiger partial charge on any atom is 0.0613 e. The van der Waals surface area contributed by atoms with Crippen molar-refractivity contribution < 1.29 is 5.11 Å². The summed E-state index contributed by atoms with van der Waals surface area (Å²) in [6.45, 7) is 2.34. The Morgan fingerprint density at radius 2 is 2.38 bits per heavy atom. The molecule has 0 saturated heterocycles. The molecular formula is C10H21NOS. The zero-order chi connectivity index (χ0) is 9.73. The summed E-state index contributed by atoms with van der Waals surface area (Å²) in [7, 11) is 0. The summed E-state index contributed by atoms with van der Waals surface area (Å²) < 4.78 is 0. The molecule has 2 atom stereocenters. The van der Waals surface area contributed by atoms with Crippen LogP contribution >= 0.6 is 11.8 Å². The second-order valence-corrected chi connectivity index (χ2v) is 5.36. The first-order valence-electron chi connectivity index (χ1n) is 5.20. The fraction of sp³-hybridized carbons (Fsp3) is 1.00. The molecule has 1 aliphatic rings. The van der Waals surface area contributed by atoms with E-state index in [-0.39, 0.29) is 12.1 Å². The van der Waals surface area contributed by atoms with E-state index in [1.807, 2.05) is 11.8 Å². The molecule has 1 aliphatic carbocycles. The number of aliphatic hydroxyl groups excluding tert-OH is 1. The van der Waals surface area contributed by atoms with Crippen LogP contribution < -0.4 is 5.73 Å². The highest BCUT2D eigenvalue weighted by molar-refractivity contribution is 7.99. The number of hydrogen-bond acceptors (Lipinski definition) is 3. The first kappa shape index (κ1) is 11.3. The van der Waals surface area contributed by atoms with E-state index in [0.717, 1.165) is 6.42 Å². The third-order valence-corrected chi connectivity index (χ3v) is 4.05. The zero-order valence-electron chi connectivity index (χ0n) is 8.46. The van der Waals surface area contributed by atoms with Gasteiger partial charge in [0.1, 0.15) is 0 Å². The first-order chi connectivity index (χ1) is 6.23. The Labute approximate surface area is 85.3 Å². The molecule has 0 amide bonds. The lowest BCUT2D eigenvalue weighted by atomic mass is 9.87. The van der Waals surface area contributed by atoms with Gasteiger partial charge in [0.25, 0.3) is 0 Å². The van der Waals surface area contributed by atoms with Gasteiger partial charge in [-0.1, -0.05) is 13.3 Å². The predicted octanol–water partition coefficient (Wildman–Crippen LogP) is 1.62. The van der Waals surface area contributed by atoms with Gasteiger partial charge in [-0.2, -0.15) is 11.8 Å². The SMILES string of the molecule is CCSCCC1CCCC1(N)CO. The van der Waals surface area contributed by atoms with Crippen LogP contribution in [0.5, 0.6) is 0 Å². The summed E-state index contributed by atoms with van der Waals surface area (Å²) in [4.78, 5) is 0. The predicted molar refractivity (Wildman–Crippen MR) is 59.0 cm³/mol. The number of aliphatic hydroxyl groups is 1. The standard InChI is InChI=1S/C10H21NOS/c1-2-13-7-5-9-4-3-6-10(9,11)8-12/h9,12H,2-8,11H2,1H3. The quantitative estimate of drug-likeness (QED) is 0.667. The maximum atomic E-state index is 9.22. The van der Waals surface area contributed by atoms with Crippen molar-refractivity contribution in [3.05, 3.63) is 0 Å². The van der Waals surface area contributed by atoms with E-state index >= 15 is 0 Å². The zero-order valence-corrected chi connectivity index (χ0v) is 9.28. The summed E-state index contributed by atoms with van der Waals surface area (Å²) in [6, 6.07) is 0. The van der Waals surface area contributed by atoms with Crippen molar-refractivity contribution in [2.45, 2.75) is 38.1 Å². The van der Waals surface area contributed by atoms with Crippen molar-refractivity contribution in [3.63, 3.8) is 0 Å². The Bertz CT molecular complexity index is 154. The maximum absolute atomic E-state index is 9.22. The van der Waals surface area contributed by atoms with E-state index in [1.165, 1.54) is 30.8 Å². The molecule has 0 radical (unpaired) electrons. The minimum atomic E-state index is -0.256. The highest BCUT2D eigenvalue weighted by Crippen LogP contribution is 2.36. The Morgan fingerprint density at radius 1 is 1.62 bits per heavy atom. The van der Waals surface area contributed by atoms with Crippen LogP contribution in [0.1, 0.15) is 32.6 Å². The first-order valence-corrected chi connectivity index (χ1v) is 6.36. The molecule has 0 heterocycles. The molecule has 2 unspecified atom stereocenters. The molecule has 3 heteroatoms. The number of hydrogen-bond donors (Lipinski definition) is 2. The minimum Gasteiger partial charge on any atom is -0.394 e. The summed E-state index contributed by atoms with van der Waals surface area (Å²) in [5.74, 6) is 2.93. The lowest BCUT2D eigenvalue weighted by Gasteiger charge is -2.29. The van der Waals surface area contributed by atoms with Crippen molar-refractivity contribution in [2.75, 3.05) is 18.1 Å². The normalized spacial score (nSPS) is 33.9. The molecule has 3 N–H and O–H groups in total. The molecule has 0 bridgehead atoms. The number of thioether (sulfide) groups is 1. The van der Waals surface area contributed by atoms with Crippen LogP contribution in [0, 0.1) is 5.92 Å². The van der Waals surface area contributed by atoms with E-state index in [0.29, 0.717) is 5.92 Å². The van der Waals surface area contributed by atoms with Crippen LogP contribution in [0.25, 0.3) is 0 Å². The van der Waals surface area contributed by atoms with Gasteiger partial charge in [-0.15, -0.1) is 0 Å². The van der Waals surface area contributed by atoms with Gasteiger partial charge < -0.3 is 10.8 Å². The van der Waals surface area contributed by atoms with Gasteiger partial charge in [0.15, 0.2) is 0 Å². The van der Waals surface area contributed by atoms with E-state index in [4.69, 9.17) is 5.73 Å². The second kappa shape index (κ2) is 5.23. The average molecular weight is 203 g/mol. The van der Waals surface area contributed by atoms with Crippen LogP contribution in [0.2, 0.25) is 0 Å². The van der Waals surface area contributed by atoms with Gasteiger partial charge in [-0.3, -0.25) is 0 Å². The molecule has 0 aliphatic heterocycles. The fourth-order valence-electron chi connectivity index (χ4n) is 2.18. The molecular weight excluding hydrogens is 182 g/mol. The lowest BCUT2D eigenvalue weighted by molar-refractivity contribution is 0.158. The van der Waals surface area contributed by atoms with Crippen molar-refractivity contribution in [1.82, 2.24) is 0 Å². The third kappa shape index (κ3) is 2.86. The molecule has 1 fully saturated rings. The highest BCUT2D eigenvalue weighted by Gasteiger charge is 2.38. The monoisotopic (exact) mass is 203 g/mol. The Kier molecular flexibility index (Phi) is 4.56. The minimum absolute atomic E-state index is 0.161. The van der Waals surface area contributed by atoms with Crippen molar-refractivity contribution >= 4 is 11.8 Å². The van der Waals surface area contributed by atoms with Crippen molar-refractivity contribution in [2.24, 2.45) is 11.7 Å². The van der Waals surface area contributed by atoms with Gasteiger partial charge in [-0.25, -0.2) is 0 Å². The van der Waals surface area contributed by atoms with Gasteiger partial charge in [0.05, 0.1) is 6.61 Å². The lowest BCUT2D eigenvalue weighted by Crippen LogP contribution is -2.47. The summed E-state index contributed by atoms with van der Waals surface area (Å²) in [5, 5.41) is 9.22. The molecule has 0 aromatic rings. The molecule has 0 aromatic carbocycles. The van der Waals surface area contributed by atoms with E-state index in [1.54, 1.807) is 0 Å². The molecule has 0 spiro atoms. The van der Waals surface area contributed by atoms with Gasteiger partial charge in [0.2, 0.25) is 0 Å². The topological polar surface area (TPSA) is 46.2 Å². The van der Waals surface area contributed by atoms with Gasteiger partial charge in [0, 0.05) is 5.54 Å². The Hall–Kier alpha value is 0.270. The van der Waals surface area contributed by atoms with Crippen LogP contribution in [0.15, 0.2) is 0 Å². The number of nitrogens with two attached hydrogens (primary N) is 1. The highest BCUT2D eigenvalue weighted by atomic mass is 32.2. The van der Waals surface area contributed by atoms with Crippen LogP contribution in [0.3, 0.4) is 0 Å². The van der Waals surface area contributed by atoms with Crippen molar-refractivity contribution in [1.29, 1.82) is 0 Å². The Balaban J connectivity index is 2.31. The van der Waals surface area contributed by atoms with Gasteiger partial charge >= 0.3 is 0 Å². The van der Waals surface area contributed by atoms with Crippen LogP contribution in [0.4, 0.5) is 0 Å². The van der Waals surface area contributed by atoms with Crippen LogP contribution in [-0.4, -0.2) is 28.8 Å². The average Bonchev–Trinajstić information content (AvgIpc) is 2.50. The molecule has 78 valence electrons. The molecule has 1 saturated carbocycles. The number of rotatable bonds is 5. The summed E-state index contributed by atoms with van der Waals surface area (Å²) in [5.41, 5.74) is 5.87. The fourth-order valence-corrected chi connectivity index (χ4v) is 2.92. The second-order valence-electron chi connectivity index (χ2n) is 3.97. The molecule has 13 heavy (non-hydrogen) atoms. The van der Waals surface area contributed by atoms with E-state index in [9.17, 15) is 5.11 Å². The summed E-state index contributed by atoms with van der Waals surface area (Å²) >= 11 is 1.97. The Morgan fingerprint density at radius 3 is 3.00 bits per heavy atom. The molecule has 1 rings (SSSR count). The van der Waals surface area contributed by atoms with E-state index in [2.05, 4.69) is 6.92 Å². The third-order valence-electron chi connectivity index (χ3n) is 3.12. The smallest absolute Gasteiger partial charge is 0.0613 e. The largest absolute Gasteiger partial charge is 0.394 e. The van der Waals surface area contributed by atoms with Gasteiger partial charge in [-0.05, 0) is 36.7 Å². The molecule has 2 nitrogen and oxygen atoms in total. The van der Waals surface area contributed by atoms with E-state index < -0.39 is 0 Å². The summed E-state index contributed by atoms with van der Waals surface area (Å²) in [6.07, 6.45) is 4.58. The van der Waals surface area contributed by atoms with Crippen molar-refractivity contribution in [3.8, 4) is 0 Å².